The summed E-state index contributed by atoms with van der Waals surface area (Å²) in [5, 5.41) is 24.1. The second kappa shape index (κ2) is 13.0. The third-order valence-corrected chi connectivity index (χ3v) is 9.53. The van der Waals surface area contributed by atoms with Crippen LogP contribution in [-0.4, -0.2) is 68.8 Å². The first-order valence-corrected chi connectivity index (χ1v) is 16.4. The number of aliphatic hydroxyl groups excluding tert-OH is 2. The van der Waals surface area contributed by atoms with E-state index in [1.54, 1.807) is 12.1 Å². The maximum atomic E-state index is 13.2. The molecule has 7 N–H and O–H groups in total. The average molecular weight is 666 g/mol. The highest BCUT2D eigenvalue weighted by Gasteiger charge is 2.47. The molecule has 3 heterocycles. The number of aliphatic hydroxyl groups is 2. The first kappa shape index (κ1) is 33.0. The Bertz CT molecular complexity index is 1710. The number of anilines is 2. The van der Waals surface area contributed by atoms with Crippen molar-refractivity contribution in [2.75, 3.05) is 11.9 Å². The molecule has 0 radical (unpaired) electrons. The molecule has 234 valence electrons. The summed E-state index contributed by atoms with van der Waals surface area (Å²) in [6, 6.07) is 13.5. The maximum absolute atomic E-state index is 13.2. The Kier molecular flexibility index (Phi) is 10.0. The van der Waals surface area contributed by atoms with E-state index < -0.39 is 65.9 Å². The van der Waals surface area contributed by atoms with Gasteiger partial charge in [-0.3, -0.25) is 23.4 Å². The van der Waals surface area contributed by atoms with Crippen molar-refractivity contribution in [1.29, 1.82) is 0 Å². The molecule has 0 amide bonds. The molecule has 0 spiro atoms. The lowest BCUT2D eigenvalue weighted by Crippen LogP contribution is -2.43. The molecular weight excluding hydrogens is 641 g/mol. The van der Waals surface area contributed by atoms with E-state index in [0.29, 0.717) is 11.4 Å². The molecule has 1 aliphatic rings. The third-order valence-electron chi connectivity index (χ3n) is 5.72. The van der Waals surface area contributed by atoms with Crippen molar-refractivity contribution in [3.8, 4) is 0 Å². The lowest BCUT2D eigenvalue weighted by atomic mass is 10.1. The van der Waals surface area contributed by atoms with E-state index in [-0.39, 0.29) is 6.54 Å². The molecule has 0 saturated carbocycles. The van der Waals surface area contributed by atoms with E-state index in [4.69, 9.17) is 14.5 Å². The Hall–Kier alpha value is -2.86. The van der Waals surface area contributed by atoms with Crippen molar-refractivity contribution in [3.05, 3.63) is 87.5 Å². The number of rotatable bonds is 12. The zero-order valence-electron chi connectivity index (χ0n) is 21.5. The van der Waals surface area contributed by atoms with Gasteiger partial charge in [-0.1, -0.05) is 18.2 Å². The van der Waals surface area contributed by atoms with E-state index in [1.165, 1.54) is 6.20 Å². The average Bonchev–Trinajstić information content (AvgIpc) is 3.17. The number of ether oxygens (including phenoxy) is 1. The molecule has 1 aliphatic heterocycles. The summed E-state index contributed by atoms with van der Waals surface area (Å²) in [5.41, 5.74) is 0.0335. The topological polar surface area (TPSA) is 278 Å². The lowest BCUT2D eigenvalue weighted by Gasteiger charge is -2.19. The van der Waals surface area contributed by atoms with Gasteiger partial charge < -0.3 is 39.8 Å². The van der Waals surface area contributed by atoms with E-state index in [9.17, 15) is 43.3 Å². The van der Waals surface area contributed by atoms with Crippen LogP contribution in [-0.2, 0) is 38.1 Å². The standard InChI is InChI=1S/C21H25N4O15P3/c26-17-7-9-24(21(29)25(17)11-15-10-14(6-8-22-15)23-13-4-2-1-3-5-13)20-19(28)18(27)16(38-20)12-37-42(33,34)40-43(35,36)39-41(30,31)32/h1-10,16,18-20,27-28H,11-12H2,(H,22,23)(H,33,34)(H,35,36)(H2,30,31,32)/t16-,18?,19+,20-/m1/s1. The predicted octanol–water partition coefficient (Wildman–Crippen LogP) is 0.159. The number of benzene rings is 1. The van der Waals surface area contributed by atoms with Gasteiger partial charge in [0, 0.05) is 29.8 Å². The van der Waals surface area contributed by atoms with Gasteiger partial charge in [-0.2, -0.15) is 8.62 Å². The molecule has 1 aromatic carbocycles. The minimum Gasteiger partial charge on any atom is -0.387 e. The van der Waals surface area contributed by atoms with Crippen molar-refractivity contribution in [2.45, 2.75) is 31.1 Å². The number of hydrogen-bond donors (Lipinski definition) is 7. The van der Waals surface area contributed by atoms with E-state index in [2.05, 4.69) is 23.4 Å². The number of hydrogen-bond acceptors (Lipinski definition) is 13. The highest BCUT2D eigenvalue weighted by atomic mass is 31.3. The Labute approximate surface area is 241 Å². The van der Waals surface area contributed by atoms with E-state index >= 15 is 0 Å². The molecule has 0 aliphatic carbocycles. The minimum atomic E-state index is -5.79. The second-order valence-corrected chi connectivity index (χ2v) is 13.3. The summed E-state index contributed by atoms with van der Waals surface area (Å²) in [4.78, 5) is 66.1. The maximum Gasteiger partial charge on any atom is 0.490 e. The Balaban J connectivity index is 1.48. The summed E-state index contributed by atoms with van der Waals surface area (Å²) in [6.07, 6.45) is -4.51. The minimum absolute atomic E-state index is 0.288. The fraction of sp³-hybridized carbons (Fsp3) is 0.286. The van der Waals surface area contributed by atoms with Crippen LogP contribution in [0.1, 0.15) is 11.9 Å². The zero-order chi connectivity index (χ0) is 31.6. The molecule has 0 bridgehead atoms. The lowest BCUT2D eigenvalue weighted by molar-refractivity contribution is -0.0547. The molecule has 4 rings (SSSR count). The number of nitrogens with one attached hydrogen (secondary N) is 1. The van der Waals surface area contributed by atoms with Crippen molar-refractivity contribution >= 4 is 34.8 Å². The Morgan fingerprint density at radius 3 is 2.28 bits per heavy atom. The van der Waals surface area contributed by atoms with Crippen LogP contribution in [0, 0.1) is 0 Å². The van der Waals surface area contributed by atoms with Gasteiger partial charge in [0.15, 0.2) is 6.23 Å². The van der Waals surface area contributed by atoms with Gasteiger partial charge in [-0.25, -0.2) is 18.5 Å². The normalized spacial score (nSPS) is 23.4. The quantitative estimate of drug-likeness (QED) is 0.127. The summed E-state index contributed by atoms with van der Waals surface area (Å²) < 4.78 is 52.8. The van der Waals surface area contributed by atoms with Gasteiger partial charge in [0.2, 0.25) is 0 Å². The molecule has 3 aromatic rings. The smallest absolute Gasteiger partial charge is 0.387 e. The number of phosphoric acid groups is 3. The molecule has 22 heteroatoms. The van der Waals surface area contributed by atoms with Crippen LogP contribution in [0.3, 0.4) is 0 Å². The van der Waals surface area contributed by atoms with Crippen molar-refractivity contribution < 1.29 is 61.4 Å². The van der Waals surface area contributed by atoms with Gasteiger partial charge in [0.25, 0.3) is 5.56 Å². The highest BCUT2D eigenvalue weighted by Crippen LogP contribution is 2.66. The molecule has 43 heavy (non-hydrogen) atoms. The molecule has 2 aromatic heterocycles. The molecule has 1 saturated heterocycles. The van der Waals surface area contributed by atoms with E-state index in [0.717, 1.165) is 27.1 Å². The Morgan fingerprint density at radius 1 is 0.907 bits per heavy atom. The van der Waals surface area contributed by atoms with Crippen molar-refractivity contribution in [2.24, 2.45) is 0 Å². The van der Waals surface area contributed by atoms with Crippen molar-refractivity contribution in [3.63, 3.8) is 0 Å². The van der Waals surface area contributed by atoms with Gasteiger partial charge in [-0.15, -0.1) is 0 Å². The van der Waals surface area contributed by atoms with Crippen LogP contribution in [0.2, 0.25) is 0 Å². The molecule has 3 unspecified atom stereocenters. The zero-order valence-corrected chi connectivity index (χ0v) is 24.2. The van der Waals surface area contributed by atoms with Gasteiger partial charge in [0.1, 0.15) is 18.3 Å². The van der Waals surface area contributed by atoms with Crippen LogP contribution >= 0.6 is 23.5 Å². The second-order valence-electron chi connectivity index (χ2n) is 8.89. The van der Waals surface area contributed by atoms with Crippen LogP contribution in [0.4, 0.5) is 11.4 Å². The number of aromatic nitrogens is 3. The number of pyridine rings is 1. The number of para-hydroxylation sites is 1. The first-order valence-electron chi connectivity index (χ1n) is 11.9. The predicted molar refractivity (Wildman–Crippen MR) is 144 cm³/mol. The fourth-order valence-corrected chi connectivity index (χ4v) is 6.96. The number of nitrogens with zero attached hydrogens (tertiary/aromatic N) is 3. The molecule has 19 nitrogen and oxygen atoms in total. The fourth-order valence-electron chi connectivity index (χ4n) is 3.93. The molecule has 1 fully saturated rings. The van der Waals surface area contributed by atoms with E-state index in [1.807, 2.05) is 30.3 Å². The molecular formula is C21H25N4O15P3. The third kappa shape index (κ3) is 8.84. The molecule has 6 atom stereocenters. The van der Waals surface area contributed by atoms with Crippen LogP contribution in [0.25, 0.3) is 0 Å². The SMILES string of the molecule is O=c1ccn([C@@H]2O[C@H](COP(=O)(O)OP(=O)(O)OP(=O)(O)O)C(O)[C@@H]2O)c(=O)n1Cc1cc(Nc2ccccc2)ccn1. The number of phosphoric ester groups is 1. The van der Waals surface area contributed by atoms with Crippen LogP contribution in [0.15, 0.2) is 70.5 Å². The van der Waals surface area contributed by atoms with Gasteiger partial charge in [-0.05, 0) is 24.3 Å². The Morgan fingerprint density at radius 2 is 1.60 bits per heavy atom. The van der Waals surface area contributed by atoms with Crippen LogP contribution in [0.5, 0.6) is 0 Å². The first-order chi connectivity index (χ1) is 20.0. The van der Waals surface area contributed by atoms with Gasteiger partial charge >= 0.3 is 29.2 Å². The van der Waals surface area contributed by atoms with Crippen molar-refractivity contribution in [1.82, 2.24) is 14.1 Å². The largest absolute Gasteiger partial charge is 0.490 e. The summed E-state index contributed by atoms with van der Waals surface area (Å²) in [5.74, 6) is 0. The summed E-state index contributed by atoms with van der Waals surface area (Å²) in [6.45, 7) is -1.37. The highest BCUT2D eigenvalue weighted by molar-refractivity contribution is 7.66. The van der Waals surface area contributed by atoms with Crippen LogP contribution < -0.4 is 16.6 Å². The van der Waals surface area contributed by atoms with Gasteiger partial charge in [0.05, 0.1) is 18.8 Å². The monoisotopic (exact) mass is 666 g/mol. The summed E-state index contributed by atoms with van der Waals surface area (Å²) >= 11 is 0. The summed E-state index contributed by atoms with van der Waals surface area (Å²) in [7, 11) is -17.0.